The third-order valence-electron chi connectivity index (χ3n) is 5.14. The molecule has 0 radical (unpaired) electrons. The monoisotopic (exact) mass is 341 g/mol. The normalized spacial score (nSPS) is 18.2. The molecule has 0 N–H and O–H groups in total. The van der Waals surface area contributed by atoms with Gasteiger partial charge in [0.2, 0.25) is 0 Å². The van der Waals surface area contributed by atoms with Crippen LogP contribution in [-0.2, 0) is 17.8 Å². The van der Waals surface area contributed by atoms with E-state index in [1.54, 1.807) is 0 Å². The lowest BCUT2D eigenvalue weighted by molar-refractivity contribution is 0.0600. The maximum Gasteiger partial charge on any atom is 0.337 e. The van der Waals surface area contributed by atoms with Crippen LogP contribution in [0.5, 0.6) is 0 Å². The Morgan fingerprint density at radius 3 is 2.76 bits per heavy atom. The number of nitrogens with zero attached hydrogens (tertiary/aromatic N) is 3. The molecule has 0 aliphatic carbocycles. The lowest BCUT2D eigenvalue weighted by atomic mass is 9.98. The molecule has 1 aliphatic heterocycles. The first kappa shape index (κ1) is 17.7. The minimum atomic E-state index is -0.280. The summed E-state index contributed by atoms with van der Waals surface area (Å²) in [5.74, 6) is 0.804. The van der Waals surface area contributed by atoms with Gasteiger partial charge in [-0.2, -0.15) is 0 Å². The van der Waals surface area contributed by atoms with Crippen LogP contribution in [0.2, 0.25) is 0 Å². The van der Waals surface area contributed by atoms with Gasteiger partial charge >= 0.3 is 5.97 Å². The summed E-state index contributed by atoms with van der Waals surface area (Å²) in [5.41, 5.74) is 1.86. The highest BCUT2D eigenvalue weighted by Gasteiger charge is 2.22. The number of piperidine rings is 1. The third-order valence-corrected chi connectivity index (χ3v) is 5.14. The van der Waals surface area contributed by atoms with Crippen molar-refractivity contribution in [3.63, 3.8) is 0 Å². The van der Waals surface area contributed by atoms with Crippen molar-refractivity contribution in [2.24, 2.45) is 0 Å². The molecule has 25 heavy (non-hydrogen) atoms. The number of hydrogen-bond acceptors (Lipinski definition) is 4. The molecule has 134 valence electrons. The Hall–Kier alpha value is -2.14. The molecule has 1 aliphatic rings. The zero-order valence-electron chi connectivity index (χ0n) is 15.1. The maximum absolute atomic E-state index is 11.6. The molecule has 1 atom stereocenters. The fourth-order valence-corrected chi connectivity index (χ4v) is 3.62. The number of likely N-dealkylation sites (tertiary alicyclic amines) is 1. The van der Waals surface area contributed by atoms with E-state index >= 15 is 0 Å². The van der Waals surface area contributed by atoms with Crippen molar-refractivity contribution >= 4 is 5.97 Å². The molecule has 0 bridgehead atoms. The molecule has 0 spiro atoms. The summed E-state index contributed by atoms with van der Waals surface area (Å²) in [7, 11) is 1.41. The van der Waals surface area contributed by atoms with Crippen molar-refractivity contribution < 1.29 is 9.53 Å². The van der Waals surface area contributed by atoms with Crippen LogP contribution >= 0.6 is 0 Å². The highest BCUT2D eigenvalue weighted by Crippen LogP contribution is 2.23. The van der Waals surface area contributed by atoms with Crippen LogP contribution in [0.4, 0.5) is 0 Å². The zero-order valence-corrected chi connectivity index (χ0v) is 15.1. The smallest absolute Gasteiger partial charge is 0.337 e. The Bertz CT molecular complexity index is 693. The summed E-state index contributed by atoms with van der Waals surface area (Å²) in [6.45, 7) is 5.16. The predicted octanol–water partition coefficient (Wildman–Crippen LogP) is 3.42. The Morgan fingerprint density at radius 1 is 1.28 bits per heavy atom. The molecule has 1 aromatic heterocycles. The van der Waals surface area contributed by atoms with Gasteiger partial charge in [0, 0.05) is 31.5 Å². The van der Waals surface area contributed by atoms with E-state index in [0.717, 1.165) is 31.9 Å². The van der Waals surface area contributed by atoms with E-state index in [1.165, 1.54) is 31.9 Å². The first-order chi connectivity index (χ1) is 12.2. The number of ether oxygens (including phenoxy) is 1. The molecular formula is C20H27N3O2. The Kier molecular flexibility index (Phi) is 5.87. The second-order valence-electron chi connectivity index (χ2n) is 6.77. The second-order valence-corrected chi connectivity index (χ2v) is 6.77. The number of imidazole rings is 1. The standard InChI is InChI=1S/C20H27N3O2/c1-16-21-11-14-22(16)13-10-19-5-3-4-12-23(19)15-17-6-8-18(9-7-17)20(24)25-2/h6-9,11,14,19H,3-5,10,12-13,15H2,1-2H3/t19-/m0/s1. The fourth-order valence-electron chi connectivity index (χ4n) is 3.62. The summed E-state index contributed by atoms with van der Waals surface area (Å²) in [6.07, 6.45) is 8.92. The maximum atomic E-state index is 11.6. The Morgan fingerprint density at radius 2 is 2.08 bits per heavy atom. The van der Waals surface area contributed by atoms with Crippen molar-refractivity contribution in [2.45, 2.75) is 51.7 Å². The summed E-state index contributed by atoms with van der Waals surface area (Å²) < 4.78 is 7.00. The number of esters is 1. The largest absolute Gasteiger partial charge is 0.465 e. The predicted molar refractivity (Wildman–Crippen MR) is 97.4 cm³/mol. The van der Waals surface area contributed by atoms with Gasteiger partial charge in [0.25, 0.3) is 0 Å². The summed E-state index contributed by atoms with van der Waals surface area (Å²) in [6, 6.07) is 8.40. The van der Waals surface area contributed by atoms with Gasteiger partial charge in [0.1, 0.15) is 5.82 Å². The molecule has 0 saturated carbocycles. The molecule has 2 aromatic rings. The van der Waals surface area contributed by atoms with Crippen LogP contribution in [0.1, 0.15) is 47.4 Å². The number of benzene rings is 1. The SMILES string of the molecule is COC(=O)c1ccc(CN2CCCC[C@H]2CCn2ccnc2C)cc1. The van der Waals surface area contributed by atoms with E-state index in [9.17, 15) is 4.79 Å². The number of aromatic nitrogens is 2. The number of aryl methyl sites for hydroxylation is 2. The van der Waals surface area contributed by atoms with Crippen LogP contribution in [-0.4, -0.2) is 40.1 Å². The molecule has 1 fully saturated rings. The Labute approximate surface area is 149 Å². The first-order valence-electron chi connectivity index (χ1n) is 9.06. The van der Waals surface area contributed by atoms with Crippen LogP contribution in [0.25, 0.3) is 0 Å². The minimum Gasteiger partial charge on any atom is -0.465 e. The van der Waals surface area contributed by atoms with E-state index in [0.29, 0.717) is 11.6 Å². The quantitative estimate of drug-likeness (QED) is 0.755. The average molecular weight is 341 g/mol. The van der Waals surface area contributed by atoms with Gasteiger partial charge in [-0.1, -0.05) is 18.6 Å². The van der Waals surface area contributed by atoms with Gasteiger partial charge in [0.15, 0.2) is 0 Å². The number of hydrogen-bond donors (Lipinski definition) is 0. The van der Waals surface area contributed by atoms with Crippen molar-refractivity contribution in [1.82, 2.24) is 14.5 Å². The van der Waals surface area contributed by atoms with Gasteiger partial charge in [-0.05, 0) is 50.4 Å². The van der Waals surface area contributed by atoms with Crippen LogP contribution in [0, 0.1) is 6.92 Å². The summed E-state index contributed by atoms with van der Waals surface area (Å²) in [5, 5.41) is 0. The average Bonchev–Trinajstić information content (AvgIpc) is 3.06. The first-order valence-corrected chi connectivity index (χ1v) is 9.06. The Balaban J connectivity index is 1.60. The summed E-state index contributed by atoms with van der Waals surface area (Å²) >= 11 is 0. The van der Waals surface area contributed by atoms with Gasteiger partial charge in [-0.25, -0.2) is 9.78 Å². The van der Waals surface area contributed by atoms with Gasteiger partial charge in [0.05, 0.1) is 12.7 Å². The molecule has 1 aromatic carbocycles. The van der Waals surface area contributed by atoms with Crippen molar-refractivity contribution in [3.8, 4) is 0 Å². The zero-order chi connectivity index (χ0) is 17.6. The van der Waals surface area contributed by atoms with E-state index in [2.05, 4.69) is 27.6 Å². The molecule has 0 unspecified atom stereocenters. The lowest BCUT2D eigenvalue weighted by Gasteiger charge is -2.36. The van der Waals surface area contributed by atoms with Gasteiger partial charge in [-0.3, -0.25) is 4.90 Å². The fraction of sp³-hybridized carbons (Fsp3) is 0.500. The van der Waals surface area contributed by atoms with Crippen LogP contribution in [0.15, 0.2) is 36.7 Å². The van der Waals surface area contributed by atoms with E-state index in [4.69, 9.17) is 4.74 Å². The molecule has 0 amide bonds. The number of carbonyl (C=O) groups is 1. The van der Waals surface area contributed by atoms with Gasteiger partial charge < -0.3 is 9.30 Å². The topological polar surface area (TPSA) is 47.4 Å². The third kappa shape index (κ3) is 4.48. The van der Waals surface area contributed by atoms with E-state index < -0.39 is 0 Å². The molecule has 5 heteroatoms. The molecule has 3 rings (SSSR count). The number of rotatable bonds is 6. The van der Waals surface area contributed by atoms with Crippen molar-refractivity contribution in [2.75, 3.05) is 13.7 Å². The highest BCUT2D eigenvalue weighted by atomic mass is 16.5. The summed E-state index contributed by atoms with van der Waals surface area (Å²) in [4.78, 5) is 18.4. The van der Waals surface area contributed by atoms with E-state index in [-0.39, 0.29) is 5.97 Å². The van der Waals surface area contributed by atoms with Crippen molar-refractivity contribution in [3.05, 3.63) is 53.6 Å². The molecule has 2 heterocycles. The number of carbonyl (C=O) groups excluding carboxylic acids is 1. The van der Waals surface area contributed by atoms with Gasteiger partial charge in [-0.15, -0.1) is 0 Å². The number of methoxy groups -OCH3 is 1. The van der Waals surface area contributed by atoms with Crippen LogP contribution < -0.4 is 0 Å². The second kappa shape index (κ2) is 8.30. The molecule has 1 saturated heterocycles. The van der Waals surface area contributed by atoms with Crippen LogP contribution in [0.3, 0.4) is 0 Å². The highest BCUT2D eigenvalue weighted by molar-refractivity contribution is 5.89. The van der Waals surface area contributed by atoms with E-state index in [1.807, 2.05) is 30.5 Å². The molecule has 5 nitrogen and oxygen atoms in total. The lowest BCUT2D eigenvalue weighted by Crippen LogP contribution is -2.39. The minimum absolute atomic E-state index is 0.280. The molecular weight excluding hydrogens is 314 g/mol. The van der Waals surface area contributed by atoms with Crippen molar-refractivity contribution in [1.29, 1.82) is 0 Å².